The molecule has 0 atom stereocenters. The topological polar surface area (TPSA) is 66.9 Å². The van der Waals surface area contributed by atoms with Crippen molar-refractivity contribution < 1.29 is 18.0 Å². The van der Waals surface area contributed by atoms with Crippen LogP contribution in [0, 0.1) is 0 Å². The summed E-state index contributed by atoms with van der Waals surface area (Å²) in [5.74, 6) is -0.661. The molecule has 0 aliphatic carbocycles. The molecule has 0 fully saturated rings. The Balaban J connectivity index is 2.35. The third-order valence-corrected chi connectivity index (χ3v) is 3.04. The predicted molar refractivity (Wildman–Crippen MR) is 68.9 cm³/mol. The third kappa shape index (κ3) is 3.05. The minimum Gasteiger partial charge on any atom is -0.387 e. The summed E-state index contributed by atoms with van der Waals surface area (Å²) in [7, 11) is 1.52. The highest BCUT2D eigenvalue weighted by Gasteiger charge is 2.31. The number of carbonyl (C=O) groups is 1. The lowest BCUT2D eigenvalue weighted by atomic mass is 10.1. The largest absolute Gasteiger partial charge is 0.416 e. The Hall–Kier alpha value is -2.16. The van der Waals surface area contributed by atoms with Crippen LogP contribution in [0.2, 0.25) is 0 Å². The van der Waals surface area contributed by atoms with Crippen molar-refractivity contribution in [2.45, 2.75) is 6.18 Å². The first kappa shape index (κ1) is 14.3. The number of anilines is 2. The molecule has 9 heteroatoms. The van der Waals surface area contributed by atoms with Gasteiger partial charge in [-0.2, -0.15) is 13.2 Å². The lowest BCUT2D eigenvalue weighted by molar-refractivity contribution is -0.137. The Bertz CT molecular complexity index is 613. The second kappa shape index (κ2) is 5.45. The molecule has 2 aromatic rings. The molecule has 106 valence electrons. The number of aromatic nitrogens is 2. The fourth-order valence-electron chi connectivity index (χ4n) is 1.53. The highest BCUT2D eigenvalue weighted by atomic mass is 32.1. The first-order chi connectivity index (χ1) is 9.41. The Morgan fingerprint density at radius 1 is 1.35 bits per heavy atom. The molecule has 0 radical (unpaired) electrons. The number of hydrogen-bond donors (Lipinski definition) is 2. The first-order valence-corrected chi connectivity index (χ1v) is 6.17. The van der Waals surface area contributed by atoms with Crippen LogP contribution in [0.25, 0.3) is 0 Å². The maximum Gasteiger partial charge on any atom is 0.416 e. The average Bonchev–Trinajstić information content (AvgIpc) is 2.89. The van der Waals surface area contributed by atoms with Crippen molar-refractivity contribution in [2.24, 2.45) is 0 Å². The second-order valence-corrected chi connectivity index (χ2v) is 4.53. The standard InChI is InChI=1S/C11H9F3N4OS/c1-15-8-3-2-6(11(12,13)14)4-7(8)10(19)17-9-5-16-18-20-9/h2-5,15H,1H3,(H,17,19). The summed E-state index contributed by atoms with van der Waals surface area (Å²) in [4.78, 5) is 12.0. The van der Waals surface area contributed by atoms with Crippen molar-refractivity contribution >= 4 is 28.1 Å². The van der Waals surface area contributed by atoms with Crippen LogP contribution in [0.4, 0.5) is 23.9 Å². The van der Waals surface area contributed by atoms with Gasteiger partial charge in [-0.3, -0.25) is 4.79 Å². The van der Waals surface area contributed by atoms with Gasteiger partial charge in [0.2, 0.25) is 0 Å². The van der Waals surface area contributed by atoms with E-state index in [1.807, 2.05) is 0 Å². The zero-order valence-electron chi connectivity index (χ0n) is 10.2. The number of hydrogen-bond acceptors (Lipinski definition) is 5. The van der Waals surface area contributed by atoms with Crippen molar-refractivity contribution in [3.05, 3.63) is 35.5 Å². The molecule has 20 heavy (non-hydrogen) atoms. The van der Waals surface area contributed by atoms with Gasteiger partial charge in [-0.05, 0) is 18.2 Å². The number of benzene rings is 1. The highest BCUT2D eigenvalue weighted by molar-refractivity contribution is 7.10. The summed E-state index contributed by atoms with van der Waals surface area (Å²) >= 11 is 0.933. The molecule has 0 bridgehead atoms. The maximum atomic E-state index is 12.7. The van der Waals surface area contributed by atoms with E-state index in [4.69, 9.17) is 0 Å². The predicted octanol–water partition coefficient (Wildman–Crippen LogP) is 2.85. The molecular weight excluding hydrogens is 293 g/mol. The van der Waals surface area contributed by atoms with E-state index in [9.17, 15) is 18.0 Å². The van der Waals surface area contributed by atoms with Crippen LogP contribution < -0.4 is 10.6 Å². The normalized spacial score (nSPS) is 11.2. The van der Waals surface area contributed by atoms with E-state index in [-0.39, 0.29) is 5.56 Å². The van der Waals surface area contributed by atoms with Gasteiger partial charge in [0.25, 0.3) is 5.91 Å². The molecule has 2 N–H and O–H groups in total. The van der Waals surface area contributed by atoms with Gasteiger partial charge in [0.15, 0.2) is 0 Å². The number of halogens is 3. The molecule has 1 aromatic carbocycles. The van der Waals surface area contributed by atoms with Crippen LogP contribution in [-0.2, 0) is 6.18 Å². The Morgan fingerprint density at radius 3 is 2.65 bits per heavy atom. The zero-order chi connectivity index (χ0) is 14.8. The Morgan fingerprint density at radius 2 is 2.10 bits per heavy atom. The van der Waals surface area contributed by atoms with E-state index in [1.165, 1.54) is 19.3 Å². The molecule has 1 amide bonds. The summed E-state index contributed by atoms with van der Waals surface area (Å²) in [5.41, 5.74) is -0.687. The van der Waals surface area contributed by atoms with Crippen LogP contribution >= 0.6 is 11.5 Å². The summed E-state index contributed by atoms with van der Waals surface area (Å²) in [6, 6.07) is 2.93. The van der Waals surface area contributed by atoms with E-state index in [0.717, 1.165) is 23.7 Å². The number of nitrogens with zero attached hydrogens (tertiary/aromatic N) is 2. The summed E-state index contributed by atoms with van der Waals surface area (Å²) in [6.45, 7) is 0. The van der Waals surface area contributed by atoms with Crippen LogP contribution in [0.3, 0.4) is 0 Å². The zero-order valence-corrected chi connectivity index (χ0v) is 11.0. The molecule has 2 rings (SSSR count). The maximum absolute atomic E-state index is 12.7. The van der Waals surface area contributed by atoms with Crippen LogP contribution in [0.1, 0.15) is 15.9 Å². The average molecular weight is 302 g/mol. The Kier molecular flexibility index (Phi) is 3.89. The molecule has 0 aliphatic heterocycles. The van der Waals surface area contributed by atoms with E-state index in [1.54, 1.807) is 0 Å². The van der Waals surface area contributed by atoms with Gasteiger partial charge < -0.3 is 10.6 Å². The Labute approximate surface area is 116 Å². The number of carbonyl (C=O) groups excluding carboxylic acids is 1. The van der Waals surface area contributed by atoms with Gasteiger partial charge in [-0.1, -0.05) is 4.49 Å². The third-order valence-electron chi connectivity index (χ3n) is 2.46. The van der Waals surface area contributed by atoms with Crippen LogP contribution in [-0.4, -0.2) is 22.5 Å². The quantitative estimate of drug-likeness (QED) is 0.915. The molecule has 1 heterocycles. The smallest absolute Gasteiger partial charge is 0.387 e. The molecular formula is C11H9F3N4OS. The van der Waals surface area contributed by atoms with Crippen LogP contribution in [0.5, 0.6) is 0 Å². The fraction of sp³-hybridized carbons (Fsp3) is 0.182. The minimum atomic E-state index is -4.51. The van der Waals surface area contributed by atoms with E-state index < -0.39 is 17.6 Å². The van der Waals surface area contributed by atoms with Gasteiger partial charge in [-0.15, -0.1) is 5.10 Å². The fourth-order valence-corrected chi connectivity index (χ4v) is 1.94. The highest BCUT2D eigenvalue weighted by Crippen LogP contribution is 2.32. The van der Waals surface area contributed by atoms with Crippen molar-refractivity contribution in [3.8, 4) is 0 Å². The van der Waals surface area contributed by atoms with E-state index >= 15 is 0 Å². The van der Waals surface area contributed by atoms with E-state index in [0.29, 0.717) is 10.7 Å². The van der Waals surface area contributed by atoms with Crippen LogP contribution in [0.15, 0.2) is 24.4 Å². The van der Waals surface area contributed by atoms with Crippen molar-refractivity contribution in [2.75, 3.05) is 17.7 Å². The van der Waals surface area contributed by atoms with Gasteiger partial charge in [-0.25, -0.2) is 0 Å². The summed E-state index contributed by atoms with van der Waals surface area (Å²) in [5, 5.41) is 9.00. The number of nitrogens with one attached hydrogen (secondary N) is 2. The lowest BCUT2D eigenvalue weighted by Gasteiger charge is -2.12. The molecule has 0 saturated carbocycles. The SMILES string of the molecule is CNc1ccc(C(F)(F)F)cc1C(=O)Nc1cnns1. The van der Waals surface area contributed by atoms with Gasteiger partial charge >= 0.3 is 6.18 Å². The molecule has 0 unspecified atom stereocenters. The molecule has 0 saturated heterocycles. The summed E-state index contributed by atoms with van der Waals surface area (Å²) in [6.07, 6.45) is -3.19. The number of amides is 1. The van der Waals surface area contributed by atoms with Gasteiger partial charge in [0, 0.05) is 24.3 Å². The van der Waals surface area contributed by atoms with Crippen molar-refractivity contribution in [1.29, 1.82) is 0 Å². The second-order valence-electron chi connectivity index (χ2n) is 3.74. The summed E-state index contributed by atoms with van der Waals surface area (Å²) < 4.78 is 41.6. The monoisotopic (exact) mass is 302 g/mol. The molecule has 0 spiro atoms. The van der Waals surface area contributed by atoms with Gasteiger partial charge in [0.05, 0.1) is 17.3 Å². The molecule has 0 aliphatic rings. The van der Waals surface area contributed by atoms with Crippen molar-refractivity contribution in [3.63, 3.8) is 0 Å². The number of rotatable bonds is 3. The molecule has 1 aromatic heterocycles. The number of alkyl halides is 3. The lowest BCUT2D eigenvalue weighted by Crippen LogP contribution is -2.15. The minimum absolute atomic E-state index is 0.101. The first-order valence-electron chi connectivity index (χ1n) is 5.39. The van der Waals surface area contributed by atoms with Crippen molar-refractivity contribution in [1.82, 2.24) is 9.59 Å². The van der Waals surface area contributed by atoms with E-state index in [2.05, 4.69) is 20.2 Å². The van der Waals surface area contributed by atoms with Gasteiger partial charge in [0.1, 0.15) is 5.00 Å². The molecule has 5 nitrogen and oxygen atoms in total.